The van der Waals surface area contributed by atoms with Crippen molar-refractivity contribution in [3.8, 4) is 5.75 Å². The summed E-state index contributed by atoms with van der Waals surface area (Å²) in [5.41, 5.74) is 2.18. The molecule has 3 rings (SSSR count). The molecular formula is C21H22N4O3. The first-order chi connectivity index (χ1) is 13.7. The van der Waals surface area contributed by atoms with E-state index in [0.29, 0.717) is 36.0 Å². The SMILES string of the molecule is CCOC(=O)c1ccccc1Nc1cc(NCc2ccc(OC)cc2)ncn1. The number of rotatable bonds is 8. The van der Waals surface area contributed by atoms with E-state index in [0.717, 1.165) is 11.3 Å². The van der Waals surface area contributed by atoms with Gasteiger partial charge in [0.15, 0.2) is 0 Å². The summed E-state index contributed by atoms with van der Waals surface area (Å²) in [5.74, 6) is 1.68. The van der Waals surface area contributed by atoms with Gasteiger partial charge in [0.1, 0.15) is 23.7 Å². The Bertz CT molecular complexity index is 929. The topological polar surface area (TPSA) is 85.4 Å². The molecule has 2 aromatic carbocycles. The highest BCUT2D eigenvalue weighted by Crippen LogP contribution is 2.21. The summed E-state index contributed by atoms with van der Waals surface area (Å²) in [7, 11) is 1.64. The van der Waals surface area contributed by atoms with Gasteiger partial charge in [-0.05, 0) is 36.8 Å². The highest BCUT2D eigenvalue weighted by molar-refractivity contribution is 5.96. The number of methoxy groups -OCH3 is 1. The van der Waals surface area contributed by atoms with Crippen LogP contribution in [0.15, 0.2) is 60.9 Å². The van der Waals surface area contributed by atoms with E-state index in [1.165, 1.54) is 6.33 Å². The zero-order valence-corrected chi connectivity index (χ0v) is 15.8. The third-order valence-corrected chi connectivity index (χ3v) is 3.98. The first-order valence-electron chi connectivity index (χ1n) is 8.91. The molecule has 0 aliphatic heterocycles. The molecule has 3 aromatic rings. The number of aromatic nitrogens is 2. The number of para-hydroxylation sites is 1. The second kappa shape index (κ2) is 9.36. The third kappa shape index (κ3) is 4.97. The highest BCUT2D eigenvalue weighted by Gasteiger charge is 2.12. The smallest absolute Gasteiger partial charge is 0.340 e. The van der Waals surface area contributed by atoms with Crippen molar-refractivity contribution in [2.45, 2.75) is 13.5 Å². The Hall–Kier alpha value is -3.61. The molecule has 0 amide bonds. The summed E-state index contributed by atoms with van der Waals surface area (Å²) < 4.78 is 10.3. The van der Waals surface area contributed by atoms with Gasteiger partial charge in [-0.3, -0.25) is 0 Å². The molecule has 0 unspecified atom stereocenters. The van der Waals surface area contributed by atoms with Gasteiger partial charge < -0.3 is 20.1 Å². The maximum atomic E-state index is 12.1. The lowest BCUT2D eigenvalue weighted by Crippen LogP contribution is -2.08. The molecule has 7 heteroatoms. The van der Waals surface area contributed by atoms with Gasteiger partial charge in [-0.2, -0.15) is 0 Å². The number of carbonyl (C=O) groups excluding carboxylic acids is 1. The number of hydrogen-bond donors (Lipinski definition) is 2. The molecule has 0 bridgehead atoms. The largest absolute Gasteiger partial charge is 0.497 e. The summed E-state index contributed by atoms with van der Waals surface area (Å²) in [6, 6.07) is 16.7. The quantitative estimate of drug-likeness (QED) is 0.573. The van der Waals surface area contributed by atoms with Crippen LogP contribution in [0.4, 0.5) is 17.3 Å². The van der Waals surface area contributed by atoms with Crippen LogP contribution in [-0.4, -0.2) is 29.7 Å². The standard InChI is InChI=1S/C21H22N4O3/c1-3-28-21(26)17-6-4-5-7-18(17)25-20-12-19(23-14-24-20)22-13-15-8-10-16(27-2)11-9-15/h4-12,14H,3,13H2,1-2H3,(H2,22,23,24,25). The maximum Gasteiger partial charge on any atom is 0.340 e. The number of hydrogen-bond acceptors (Lipinski definition) is 7. The fraction of sp³-hybridized carbons (Fsp3) is 0.190. The Balaban J connectivity index is 1.69. The van der Waals surface area contributed by atoms with E-state index >= 15 is 0 Å². The fourth-order valence-electron chi connectivity index (χ4n) is 2.58. The van der Waals surface area contributed by atoms with Crippen LogP contribution in [0.5, 0.6) is 5.75 Å². The molecule has 0 atom stereocenters. The van der Waals surface area contributed by atoms with Crippen molar-refractivity contribution in [3.05, 3.63) is 72.1 Å². The molecule has 144 valence electrons. The van der Waals surface area contributed by atoms with Crippen molar-refractivity contribution in [3.63, 3.8) is 0 Å². The molecule has 1 heterocycles. The van der Waals surface area contributed by atoms with Crippen LogP contribution in [0.3, 0.4) is 0 Å². The second-order valence-corrected chi connectivity index (χ2v) is 5.88. The summed E-state index contributed by atoms with van der Waals surface area (Å²) in [5, 5.41) is 6.42. The van der Waals surface area contributed by atoms with Gasteiger partial charge in [-0.1, -0.05) is 24.3 Å². The van der Waals surface area contributed by atoms with E-state index in [1.54, 1.807) is 38.3 Å². The summed E-state index contributed by atoms with van der Waals surface area (Å²) >= 11 is 0. The van der Waals surface area contributed by atoms with Crippen LogP contribution in [0.1, 0.15) is 22.8 Å². The fourth-order valence-corrected chi connectivity index (χ4v) is 2.58. The Morgan fingerprint density at radius 2 is 1.79 bits per heavy atom. The number of ether oxygens (including phenoxy) is 2. The molecule has 0 aliphatic carbocycles. The van der Waals surface area contributed by atoms with Crippen LogP contribution in [-0.2, 0) is 11.3 Å². The number of anilines is 3. The van der Waals surface area contributed by atoms with Gasteiger partial charge in [0.05, 0.1) is 25.0 Å². The molecule has 0 saturated carbocycles. The first-order valence-corrected chi connectivity index (χ1v) is 8.91. The number of nitrogens with zero attached hydrogens (tertiary/aromatic N) is 2. The number of benzene rings is 2. The van der Waals surface area contributed by atoms with Crippen LogP contribution >= 0.6 is 0 Å². The van der Waals surface area contributed by atoms with Gasteiger partial charge in [0.2, 0.25) is 0 Å². The van der Waals surface area contributed by atoms with Crippen LogP contribution in [0.25, 0.3) is 0 Å². The molecule has 0 saturated heterocycles. The lowest BCUT2D eigenvalue weighted by atomic mass is 10.2. The minimum absolute atomic E-state index is 0.320. The molecule has 0 spiro atoms. The molecule has 1 aromatic heterocycles. The monoisotopic (exact) mass is 378 g/mol. The predicted octanol–water partition coefficient (Wildman–Crippen LogP) is 4.02. The first kappa shape index (κ1) is 19.2. The average molecular weight is 378 g/mol. The molecule has 0 radical (unpaired) electrons. The average Bonchev–Trinajstić information content (AvgIpc) is 2.73. The summed E-state index contributed by atoms with van der Waals surface area (Å²) in [4.78, 5) is 20.6. The third-order valence-electron chi connectivity index (χ3n) is 3.98. The maximum absolute atomic E-state index is 12.1. The van der Waals surface area contributed by atoms with E-state index in [1.807, 2.05) is 30.3 Å². The molecule has 7 nitrogen and oxygen atoms in total. The number of esters is 1. The van der Waals surface area contributed by atoms with Gasteiger partial charge in [0.25, 0.3) is 0 Å². The Labute approximate surface area is 163 Å². The van der Waals surface area contributed by atoms with Crippen LogP contribution < -0.4 is 15.4 Å². The van der Waals surface area contributed by atoms with Crippen molar-refractivity contribution < 1.29 is 14.3 Å². The summed E-state index contributed by atoms with van der Waals surface area (Å²) in [6.07, 6.45) is 1.46. The Kier molecular flexibility index (Phi) is 6.41. The molecular weight excluding hydrogens is 356 g/mol. The zero-order valence-electron chi connectivity index (χ0n) is 15.8. The molecule has 2 N–H and O–H groups in total. The highest BCUT2D eigenvalue weighted by atomic mass is 16.5. The van der Waals surface area contributed by atoms with E-state index in [2.05, 4.69) is 20.6 Å². The van der Waals surface area contributed by atoms with Gasteiger partial charge in [-0.15, -0.1) is 0 Å². The lowest BCUT2D eigenvalue weighted by Gasteiger charge is -2.12. The van der Waals surface area contributed by atoms with E-state index in [4.69, 9.17) is 9.47 Å². The normalized spacial score (nSPS) is 10.2. The van der Waals surface area contributed by atoms with Gasteiger partial charge in [0, 0.05) is 12.6 Å². The second-order valence-electron chi connectivity index (χ2n) is 5.88. The lowest BCUT2D eigenvalue weighted by molar-refractivity contribution is 0.0527. The number of carbonyl (C=O) groups is 1. The number of nitrogens with one attached hydrogen (secondary N) is 2. The zero-order chi connectivity index (χ0) is 19.8. The Morgan fingerprint density at radius 1 is 1.04 bits per heavy atom. The molecule has 28 heavy (non-hydrogen) atoms. The summed E-state index contributed by atoms with van der Waals surface area (Å²) in [6.45, 7) is 2.71. The van der Waals surface area contributed by atoms with Gasteiger partial charge in [-0.25, -0.2) is 14.8 Å². The van der Waals surface area contributed by atoms with Crippen molar-refractivity contribution >= 4 is 23.3 Å². The molecule has 0 fully saturated rings. The van der Waals surface area contributed by atoms with Gasteiger partial charge >= 0.3 is 5.97 Å². The predicted molar refractivity (Wildman–Crippen MR) is 108 cm³/mol. The van der Waals surface area contributed by atoms with Crippen LogP contribution in [0.2, 0.25) is 0 Å². The van der Waals surface area contributed by atoms with Crippen molar-refractivity contribution in [1.29, 1.82) is 0 Å². The van der Waals surface area contributed by atoms with Crippen molar-refractivity contribution in [2.75, 3.05) is 24.4 Å². The van der Waals surface area contributed by atoms with E-state index < -0.39 is 0 Å². The van der Waals surface area contributed by atoms with Crippen molar-refractivity contribution in [1.82, 2.24) is 9.97 Å². The van der Waals surface area contributed by atoms with E-state index in [-0.39, 0.29) is 5.97 Å². The van der Waals surface area contributed by atoms with Crippen LogP contribution in [0, 0.1) is 0 Å². The molecule has 0 aliphatic rings. The van der Waals surface area contributed by atoms with Crippen molar-refractivity contribution in [2.24, 2.45) is 0 Å². The Morgan fingerprint density at radius 3 is 2.54 bits per heavy atom. The minimum Gasteiger partial charge on any atom is -0.497 e. The van der Waals surface area contributed by atoms with E-state index in [9.17, 15) is 4.79 Å². The minimum atomic E-state index is -0.377.